The first-order valence-corrected chi connectivity index (χ1v) is 11.0. The number of amides is 2. The quantitative estimate of drug-likeness (QED) is 0.516. The number of rotatable bonds is 10. The fraction of sp³-hybridized carbons (Fsp3) is 0.500. The van der Waals surface area contributed by atoms with Gasteiger partial charge >= 0.3 is 0 Å². The predicted octanol–water partition coefficient (Wildman–Crippen LogP) is 3.77. The molecule has 1 aromatic heterocycles. The Hall–Kier alpha value is -2.94. The molecule has 10 heteroatoms. The van der Waals surface area contributed by atoms with E-state index in [-0.39, 0.29) is 16.3 Å². The summed E-state index contributed by atoms with van der Waals surface area (Å²) in [7, 11) is 0. The van der Waals surface area contributed by atoms with Gasteiger partial charge in [-0.2, -0.15) is 5.10 Å². The van der Waals surface area contributed by atoms with Crippen LogP contribution in [0.25, 0.3) is 0 Å². The molecule has 0 bridgehead atoms. The van der Waals surface area contributed by atoms with Crippen molar-refractivity contribution >= 4 is 23.4 Å². The van der Waals surface area contributed by atoms with E-state index in [1.807, 2.05) is 34.6 Å². The molecule has 0 fully saturated rings. The lowest BCUT2D eigenvalue weighted by molar-refractivity contribution is 0.0846. The number of hydrogen-bond donors (Lipinski definition) is 2. The smallest absolute Gasteiger partial charge is 0.274 e. The highest BCUT2D eigenvalue weighted by atomic mass is 35.5. The maximum Gasteiger partial charge on any atom is 0.274 e. The van der Waals surface area contributed by atoms with Gasteiger partial charge in [0.25, 0.3) is 11.8 Å². The van der Waals surface area contributed by atoms with Crippen molar-refractivity contribution in [2.75, 3.05) is 19.8 Å². The number of benzene rings is 1. The molecule has 0 aliphatic heterocycles. The molecule has 1 aromatic carbocycles. The normalized spacial score (nSPS) is 10.8. The summed E-state index contributed by atoms with van der Waals surface area (Å²) in [6.45, 7) is 13.0. The first-order chi connectivity index (χ1) is 15.2. The monoisotopic (exact) mass is 466 g/mol. The van der Waals surface area contributed by atoms with Gasteiger partial charge in [0.05, 0.1) is 25.5 Å². The highest BCUT2D eigenvalue weighted by Gasteiger charge is 2.22. The minimum atomic E-state index is -0.558. The minimum Gasteiger partial charge on any atom is -0.490 e. The summed E-state index contributed by atoms with van der Waals surface area (Å²) in [6.07, 6.45) is 0. The minimum absolute atomic E-state index is 0.212. The lowest BCUT2D eigenvalue weighted by Gasteiger charge is -2.17. The lowest BCUT2D eigenvalue weighted by Crippen LogP contribution is -2.41. The molecule has 1 heterocycles. The van der Waals surface area contributed by atoms with Crippen molar-refractivity contribution in [2.24, 2.45) is 5.92 Å². The number of nitrogens with zero attached hydrogens (tertiary/aromatic N) is 2. The van der Waals surface area contributed by atoms with Gasteiger partial charge in [0.1, 0.15) is 10.7 Å². The second-order valence-corrected chi connectivity index (χ2v) is 7.69. The largest absolute Gasteiger partial charge is 0.490 e. The maximum atomic E-state index is 12.8. The van der Waals surface area contributed by atoms with E-state index in [1.165, 1.54) is 12.1 Å². The van der Waals surface area contributed by atoms with E-state index >= 15 is 0 Å². The van der Waals surface area contributed by atoms with Crippen molar-refractivity contribution in [3.63, 3.8) is 0 Å². The van der Waals surface area contributed by atoms with Crippen molar-refractivity contribution in [3.05, 3.63) is 34.1 Å². The fourth-order valence-electron chi connectivity index (χ4n) is 3.05. The fourth-order valence-corrected chi connectivity index (χ4v) is 3.38. The molecule has 0 unspecified atom stereocenters. The number of aromatic nitrogens is 2. The van der Waals surface area contributed by atoms with Crippen LogP contribution < -0.4 is 25.1 Å². The standard InChI is InChI=1S/C22H31ClN4O5/c1-7-30-16-10-15(11-17(31-8-2)19(16)32-9-3)21(28)24-25-22(29)18-14(6)26-27(20(18)23)12-13(4)5/h10-11,13H,7-9,12H2,1-6H3,(H,24,28)(H,25,29). The number of hydrogen-bond acceptors (Lipinski definition) is 6. The van der Waals surface area contributed by atoms with E-state index in [4.69, 9.17) is 25.8 Å². The van der Waals surface area contributed by atoms with Crippen LogP contribution in [0.2, 0.25) is 5.15 Å². The third kappa shape index (κ3) is 6.06. The number of carbonyl (C=O) groups excluding carboxylic acids is 2. The molecule has 0 atom stereocenters. The summed E-state index contributed by atoms with van der Waals surface area (Å²) in [5.74, 6) is 0.387. The van der Waals surface area contributed by atoms with Gasteiger partial charge in [-0.05, 0) is 45.7 Å². The Morgan fingerprint density at radius 1 is 1.00 bits per heavy atom. The topological polar surface area (TPSA) is 104 Å². The SMILES string of the molecule is CCOc1cc(C(=O)NNC(=O)c2c(C)nn(CC(C)C)c2Cl)cc(OCC)c1OCC. The summed E-state index contributed by atoms with van der Waals surface area (Å²) in [6, 6.07) is 3.08. The number of hydrazine groups is 1. The molecule has 2 N–H and O–H groups in total. The molecule has 0 aliphatic carbocycles. The summed E-state index contributed by atoms with van der Waals surface area (Å²) >= 11 is 6.34. The predicted molar refractivity (Wildman–Crippen MR) is 122 cm³/mol. The molecule has 2 amide bonds. The van der Waals surface area contributed by atoms with Crippen LogP contribution in [-0.4, -0.2) is 41.4 Å². The Morgan fingerprint density at radius 3 is 2.03 bits per heavy atom. The Kier molecular flexibility index (Phi) is 9.19. The van der Waals surface area contributed by atoms with Gasteiger partial charge in [-0.25, -0.2) is 0 Å². The third-order valence-corrected chi connectivity index (χ3v) is 4.68. The van der Waals surface area contributed by atoms with Crippen LogP contribution in [0.15, 0.2) is 12.1 Å². The van der Waals surface area contributed by atoms with E-state index in [0.29, 0.717) is 55.2 Å². The van der Waals surface area contributed by atoms with Crippen LogP contribution in [0.3, 0.4) is 0 Å². The molecular weight excluding hydrogens is 436 g/mol. The lowest BCUT2D eigenvalue weighted by atomic mass is 10.1. The first kappa shape index (κ1) is 25.3. The Balaban J connectivity index is 2.22. The first-order valence-electron chi connectivity index (χ1n) is 10.6. The average molecular weight is 467 g/mol. The van der Waals surface area contributed by atoms with Gasteiger partial charge < -0.3 is 14.2 Å². The van der Waals surface area contributed by atoms with Crippen LogP contribution in [-0.2, 0) is 6.54 Å². The summed E-state index contributed by atoms with van der Waals surface area (Å²) < 4.78 is 18.5. The van der Waals surface area contributed by atoms with Gasteiger partial charge in [-0.15, -0.1) is 0 Å². The third-order valence-electron chi connectivity index (χ3n) is 4.29. The molecule has 176 valence electrons. The number of ether oxygens (including phenoxy) is 3. The molecular formula is C22H31ClN4O5. The zero-order valence-corrected chi connectivity index (χ0v) is 20.1. The van der Waals surface area contributed by atoms with Gasteiger partial charge in [0, 0.05) is 12.1 Å². The van der Waals surface area contributed by atoms with Crippen LogP contribution in [0.4, 0.5) is 0 Å². The molecule has 0 saturated heterocycles. The van der Waals surface area contributed by atoms with Crippen LogP contribution >= 0.6 is 11.6 Å². The second kappa shape index (κ2) is 11.6. The van der Waals surface area contributed by atoms with Crippen LogP contribution in [0.5, 0.6) is 17.2 Å². The summed E-state index contributed by atoms with van der Waals surface area (Å²) in [5.41, 5.74) is 5.73. The number of nitrogens with one attached hydrogen (secondary N) is 2. The summed E-state index contributed by atoms with van der Waals surface area (Å²) in [5, 5.41) is 4.54. The molecule has 2 rings (SSSR count). The molecule has 0 radical (unpaired) electrons. The zero-order chi connectivity index (χ0) is 23.8. The zero-order valence-electron chi connectivity index (χ0n) is 19.4. The van der Waals surface area contributed by atoms with E-state index in [0.717, 1.165) is 0 Å². The average Bonchev–Trinajstić information content (AvgIpc) is 3.00. The molecule has 9 nitrogen and oxygen atoms in total. The number of carbonyl (C=O) groups is 2. The molecule has 0 spiro atoms. The van der Waals surface area contributed by atoms with Crippen LogP contribution in [0, 0.1) is 12.8 Å². The molecule has 32 heavy (non-hydrogen) atoms. The van der Waals surface area contributed by atoms with Gasteiger partial charge in [0.15, 0.2) is 11.5 Å². The number of halogens is 1. The Morgan fingerprint density at radius 2 is 1.53 bits per heavy atom. The van der Waals surface area contributed by atoms with Gasteiger partial charge in [-0.3, -0.25) is 25.1 Å². The van der Waals surface area contributed by atoms with Gasteiger partial charge in [0.2, 0.25) is 5.75 Å². The van der Waals surface area contributed by atoms with E-state index in [1.54, 1.807) is 11.6 Å². The molecule has 2 aromatic rings. The van der Waals surface area contributed by atoms with Crippen molar-refractivity contribution < 1.29 is 23.8 Å². The highest BCUT2D eigenvalue weighted by Crippen LogP contribution is 2.39. The van der Waals surface area contributed by atoms with E-state index < -0.39 is 11.8 Å². The summed E-state index contributed by atoms with van der Waals surface area (Å²) in [4.78, 5) is 25.4. The van der Waals surface area contributed by atoms with Crippen molar-refractivity contribution in [1.29, 1.82) is 0 Å². The second-order valence-electron chi connectivity index (χ2n) is 7.34. The molecule has 0 saturated carbocycles. The van der Waals surface area contributed by atoms with E-state index in [9.17, 15) is 9.59 Å². The van der Waals surface area contributed by atoms with Gasteiger partial charge in [-0.1, -0.05) is 25.4 Å². The Labute approximate surface area is 193 Å². The van der Waals surface area contributed by atoms with Crippen molar-refractivity contribution in [1.82, 2.24) is 20.6 Å². The highest BCUT2D eigenvalue weighted by molar-refractivity contribution is 6.33. The van der Waals surface area contributed by atoms with E-state index in [2.05, 4.69) is 16.0 Å². The Bertz CT molecular complexity index is 931. The maximum absolute atomic E-state index is 12.8. The van der Waals surface area contributed by atoms with Crippen molar-refractivity contribution in [3.8, 4) is 17.2 Å². The number of aryl methyl sites for hydroxylation is 1. The van der Waals surface area contributed by atoms with Crippen LogP contribution in [0.1, 0.15) is 61.0 Å². The molecule has 0 aliphatic rings. The van der Waals surface area contributed by atoms with Crippen molar-refractivity contribution in [2.45, 2.75) is 48.1 Å².